The van der Waals surface area contributed by atoms with Crippen LogP contribution >= 0.6 is 0 Å². The van der Waals surface area contributed by atoms with Crippen molar-refractivity contribution in [3.05, 3.63) is 53.6 Å². The van der Waals surface area contributed by atoms with Crippen LogP contribution in [0.5, 0.6) is 11.5 Å². The number of carbonyl (C=O) groups excluding carboxylic acids is 1. The van der Waals surface area contributed by atoms with Gasteiger partial charge in [0, 0.05) is 30.4 Å². The van der Waals surface area contributed by atoms with Crippen molar-refractivity contribution in [3.63, 3.8) is 0 Å². The van der Waals surface area contributed by atoms with Gasteiger partial charge in [-0.3, -0.25) is 4.79 Å². The fourth-order valence-electron chi connectivity index (χ4n) is 3.54. The van der Waals surface area contributed by atoms with Crippen LogP contribution in [0.4, 0.5) is 5.69 Å². The molecule has 0 aromatic heterocycles. The SMILES string of the molecule is CCNC(=NCc1ccc(OC)cc1OC)NCC(=O)N1CCCc2ccccc21. The molecule has 0 saturated carbocycles. The third-order valence-corrected chi connectivity index (χ3v) is 5.06. The molecule has 1 heterocycles. The van der Waals surface area contributed by atoms with E-state index in [0.717, 1.165) is 42.1 Å². The van der Waals surface area contributed by atoms with E-state index in [1.54, 1.807) is 14.2 Å². The Morgan fingerprint density at radius 2 is 1.97 bits per heavy atom. The maximum Gasteiger partial charge on any atom is 0.246 e. The first kappa shape index (κ1) is 21.5. The molecule has 160 valence electrons. The first-order valence-electron chi connectivity index (χ1n) is 10.3. The van der Waals surface area contributed by atoms with E-state index in [-0.39, 0.29) is 12.5 Å². The van der Waals surface area contributed by atoms with E-state index in [2.05, 4.69) is 21.7 Å². The number of hydrogen-bond donors (Lipinski definition) is 2. The standard InChI is InChI=1S/C23H30N4O3/c1-4-24-23(25-15-18-11-12-19(29-2)14-21(18)30-3)26-16-22(28)27-13-7-9-17-8-5-6-10-20(17)27/h5-6,8,10-12,14H,4,7,9,13,15-16H2,1-3H3,(H2,24,25,26). The van der Waals surface area contributed by atoms with Crippen LogP contribution in [0, 0.1) is 0 Å². The van der Waals surface area contributed by atoms with Gasteiger partial charge < -0.3 is 25.0 Å². The maximum atomic E-state index is 12.9. The Labute approximate surface area is 178 Å². The summed E-state index contributed by atoms with van der Waals surface area (Å²) >= 11 is 0. The summed E-state index contributed by atoms with van der Waals surface area (Å²) in [4.78, 5) is 19.3. The lowest BCUT2D eigenvalue weighted by molar-refractivity contribution is -0.117. The number of nitrogens with zero attached hydrogens (tertiary/aromatic N) is 2. The van der Waals surface area contributed by atoms with Crippen molar-refractivity contribution in [1.29, 1.82) is 0 Å². The Bertz CT molecular complexity index is 898. The molecule has 1 aliphatic rings. The van der Waals surface area contributed by atoms with Crippen LogP contribution in [0.25, 0.3) is 0 Å². The van der Waals surface area contributed by atoms with Gasteiger partial charge in [0.2, 0.25) is 5.91 Å². The normalized spacial score (nSPS) is 13.4. The number of methoxy groups -OCH3 is 2. The van der Waals surface area contributed by atoms with Crippen molar-refractivity contribution in [2.75, 3.05) is 38.8 Å². The fourth-order valence-corrected chi connectivity index (χ4v) is 3.54. The van der Waals surface area contributed by atoms with E-state index in [1.807, 2.05) is 48.2 Å². The first-order valence-corrected chi connectivity index (χ1v) is 10.3. The molecule has 1 amide bonds. The Morgan fingerprint density at radius 1 is 1.13 bits per heavy atom. The van der Waals surface area contributed by atoms with Crippen LogP contribution in [-0.4, -0.2) is 45.7 Å². The molecule has 7 heteroatoms. The molecule has 30 heavy (non-hydrogen) atoms. The number of anilines is 1. The van der Waals surface area contributed by atoms with Gasteiger partial charge in [0.25, 0.3) is 0 Å². The van der Waals surface area contributed by atoms with Gasteiger partial charge in [0.05, 0.1) is 27.3 Å². The van der Waals surface area contributed by atoms with Crippen molar-refractivity contribution in [2.45, 2.75) is 26.3 Å². The number of ether oxygens (including phenoxy) is 2. The molecule has 2 aromatic carbocycles. The second-order valence-corrected chi connectivity index (χ2v) is 7.00. The average Bonchev–Trinajstić information content (AvgIpc) is 2.80. The lowest BCUT2D eigenvalue weighted by Crippen LogP contribution is -2.46. The van der Waals surface area contributed by atoms with Gasteiger partial charge in [0.1, 0.15) is 11.5 Å². The summed E-state index contributed by atoms with van der Waals surface area (Å²) in [6.07, 6.45) is 2.00. The quantitative estimate of drug-likeness (QED) is 0.542. The number of nitrogens with one attached hydrogen (secondary N) is 2. The summed E-state index contributed by atoms with van der Waals surface area (Å²) in [7, 11) is 3.25. The number of guanidine groups is 1. The number of carbonyl (C=O) groups is 1. The van der Waals surface area contributed by atoms with Crippen LogP contribution in [0.2, 0.25) is 0 Å². The number of hydrogen-bond acceptors (Lipinski definition) is 4. The molecule has 1 aliphatic heterocycles. The average molecular weight is 411 g/mol. The maximum absolute atomic E-state index is 12.9. The second kappa shape index (κ2) is 10.5. The summed E-state index contributed by atoms with van der Waals surface area (Å²) in [6.45, 7) is 4.04. The molecule has 0 bridgehead atoms. The van der Waals surface area contributed by atoms with Crippen LogP contribution < -0.4 is 25.0 Å². The van der Waals surface area contributed by atoms with E-state index < -0.39 is 0 Å². The van der Waals surface area contributed by atoms with Gasteiger partial charge in [-0.15, -0.1) is 0 Å². The van der Waals surface area contributed by atoms with Crippen molar-refractivity contribution in [3.8, 4) is 11.5 Å². The number of para-hydroxylation sites is 1. The highest BCUT2D eigenvalue weighted by Crippen LogP contribution is 2.27. The number of rotatable bonds is 7. The summed E-state index contributed by atoms with van der Waals surface area (Å²) < 4.78 is 10.7. The third-order valence-electron chi connectivity index (χ3n) is 5.06. The molecule has 2 aromatic rings. The summed E-state index contributed by atoms with van der Waals surface area (Å²) in [6, 6.07) is 13.8. The van der Waals surface area contributed by atoms with Gasteiger partial charge in [0.15, 0.2) is 5.96 Å². The number of fused-ring (bicyclic) bond motifs is 1. The van der Waals surface area contributed by atoms with E-state index in [1.165, 1.54) is 5.56 Å². The van der Waals surface area contributed by atoms with E-state index in [4.69, 9.17) is 9.47 Å². The predicted octanol–water partition coefficient (Wildman–Crippen LogP) is 2.74. The van der Waals surface area contributed by atoms with Crippen molar-refractivity contribution in [2.24, 2.45) is 4.99 Å². The Balaban J connectivity index is 1.65. The minimum Gasteiger partial charge on any atom is -0.497 e. The summed E-state index contributed by atoms with van der Waals surface area (Å²) in [5, 5.41) is 6.35. The Hall–Kier alpha value is -3.22. The first-order chi connectivity index (χ1) is 14.7. The van der Waals surface area contributed by atoms with Crippen LogP contribution in [0.15, 0.2) is 47.5 Å². The topological polar surface area (TPSA) is 75.2 Å². The van der Waals surface area contributed by atoms with E-state index in [0.29, 0.717) is 19.0 Å². The molecule has 0 spiro atoms. The summed E-state index contributed by atoms with van der Waals surface area (Å²) in [5.41, 5.74) is 3.18. The molecular formula is C23H30N4O3. The van der Waals surface area contributed by atoms with Crippen LogP contribution in [-0.2, 0) is 17.8 Å². The lowest BCUT2D eigenvalue weighted by atomic mass is 10.0. The van der Waals surface area contributed by atoms with Crippen LogP contribution in [0.1, 0.15) is 24.5 Å². The van der Waals surface area contributed by atoms with Gasteiger partial charge in [-0.05, 0) is 43.5 Å². The molecule has 0 saturated heterocycles. The highest BCUT2D eigenvalue weighted by Gasteiger charge is 2.22. The van der Waals surface area contributed by atoms with Gasteiger partial charge in [-0.25, -0.2) is 4.99 Å². The minimum atomic E-state index is 0.0368. The zero-order chi connectivity index (χ0) is 21.3. The van der Waals surface area contributed by atoms with E-state index in [9.17, 15) is 4.79 Å². The highest BCUT2D eigenvalue weighted by atomic mass is 16.5. The van der Waals surface area contributed by atoms with Crippen molar-refractivity contribution in [1.82, 2.24) is 10.6 Å². The van der Waals surface area contributed by atoms with Gasteiger partial charge in [-0.2, -0.15) is 0 Å². The summed E-state index contributed by atoms with van der Waals surface area (Å²) in [5.74, 6) is 2.08. The Kier molecular flexibility index (Phi) is 7.54. The highest BCUT2D eigenvalue weighted by molar-refractivity contribution is 5.98. The number of benzene rings is 2. The zero-order valence-electron chi connectivity index (χ0n) is 17.9. The van der Waals surface area contributed by atoms with Gasteiger partial charge >= 0.3 is 0 Å². The molecule has 3 rings (SSSR count). The second-order valence-electron chi connectivity index (χ2n) is 7.00. The zero-order valence-corrected chi connectivity index (χ0v) is 17.9. The molecule has 0 radical (unpaired) electrons. The minimum absolute atomic E-state index is 0.0368. The molecule has 0 fully saturated rings. The molecule has 0 unspecified atom stereocenters. The Morgan fingerprint density at radius 3 is 2.73 bits per heavy atom. The molecule has 2 N–H and O–H groups in total. The number of amides is 1. The number of aryl methyl sites for hydroxylation is 1. The lowest BCUT2D eigenvalue weighted by Gasteiger charge is -2.29. The van der Waals surface area contributed by atoms with Crippen LogP contribution in [0.3, 0.4) is 0 Å². The smallest absolute Gasteiger partial charge is 0.246 e. The molecule has 7 nitrogen and oxygen atoms in total. The third kappa shape index (κ3) is 5.23. The monoisotopic (exact) mass is 410 g/mol. The molecule has 0 atom stereocenters. The number of aliphatic imine (C=N–C) groups is 1. The van der Waals surface area contributed by atoms with Gasteiger partial charge in [-0.1, -0.05) is 18.2 Å². The van der Waals surface area contributed by atoms with Crippen molar-refractivity contribution < 1.29 is 14.3 Å². The predicted molar refractivity (Wildman–Crippen MR) is 119 cm³/mol. The fraction of sp³-hybridized carbons (Fsp3) is 0.391. The largest absolute Gasteiger partial charge is 0.497 e. The van der Waals surface area contributed by atoms with E-state index >= 15 is 0 Å². The van der Waals surface area contributed by atoms with Crippen molar-refractivity contribution >= 4 is 17.6 Å². The molecular weight excluding hydrogens is 380 g/mol. The molecule has 0 aliphatic carbocycles.